The van der Waals surface area contributed by atoms with Crippen LogP contribution >= 0.6 is 66.8 Å². The monoisotopic (exact) mass is 712 g/mol. The van der Waals surface area contributed by atoms with Crippen LogP contribution in [0.3, 0.4) is 0 Å². The molecule has 0 spiro atoms. The molecule has 0 aromatic heterocycles. The first-order valence-corrected chi connectivity index (χ1v) is 14.6. The Hall–Kier alpha value is -2.50. The van der Waals surface area contributed by atoms with Crippen LogP contribution in [-0.2, 0) is 16.2 Å². The highest BCUT2D eigenvalue weighted by molar-refractivity contribution is 9.10. The van der Waals surface area contributed by atoms with Gasteiger partial charge in [0.2, 0.25) is 5.91 Å². The minimum absolute atomic E-state index is 0.190. The molecule has 1 aliphatic heterocycles. The van der Waals surface area contributed by atoms with Crippen LogP contribution in [0.15, 0.2) is 68.4 Å². The normalized spacial score (nSPS) is 14.2. The fraction of sp³-hybridized carbons (Fsp3) is 0.148. The van der Waals surface area contributed by atoms with Gasteiger partial charge in [0, 0.05) is 10.2 Å². The second-order valence-electron chi connectivity index (χ2n) is 8.12. The molecule has 0 bridgehead atoms. The molecule has 12 heteroatoms. The highest BCUT2D eigenvalue weighted by atomic mass is 79.9. The van der Waals surface area contributed by atoms with E-state index in [0.29, 0.717) is 43.9 Å². The van der Waals surface area contributed by atoms with E-state index in [9.17, 15) is 14.4 Å². The number of rotatable bonds is 9. The molecular weight excluding hydrogens is 695 g/mol. The van der Waals surface area contributed by atoms with Crippen molar-refractivity contribution in [3.05, 3.63) is 89.6 Å². The lowest BCUT2D eigenvalue weighted by Gasteiger charge is -2.15. The van der Waals surface area contributed by atoms with Gasteiger partial charge in [-0.1, -0.05) is 45.2 Å². The van der Waals surface area contributed by atoms with Crippen molar-refractivity contribution in [1.29, 1.82) is 0 Å². The molecule has 3 aromatic rings. The molecular formula is C27H20Br2Cl2N2O5S. The molecule has 0 atom stereocenters. The van der Waals surface area contributed by atoms with Crippen LogP contribution in [-0.4, -0.2) is 35.1 Å². The predicted octanol–water partition coefficient (Wildman–Crippen LogP) is 8.17. The third-order valence-corrected chi connectivity index (χ3v) is 8.06. The summed E-state index contributed by atoms with van der Waals surface area (Å²) in [5.74, 6) is -0.111. The number of ether oxygens (including phenoxy) is 2. The maximum atomic E-state index is 13.0. The lowest BCUT2D eigenvalue weighted by Crippen LogP contribution is -2.36. The van der Waals surface area contributed by atoms with Crippen LogP contribution in [0.5, 0.6) is 11.5 Å². The van der Waals surface area contributed by atoms with E-state index in [1.807, 2.05) is 13.0 Å². The van der Waals surface area contributed by atoms with Crippen molar-refractivity contribution in [3.8, 4) is 11.5 Å². The van der Waals surface area contributed by atoms with Gasteiger partial charge in [0.15, 0.2) is 11.5 Å². The lowest BCUT2D eigenvalue weighted by molar-refractivity contribution is -0.127. The maximum absolute atomic E-state index is 13.0. The van der Waals surface area contributed by atoms with Crippen molar-refractivity contribution in [2.45, 2.75) is 13.5 Å². The molecule has 0 aliphatic carbocycles. The summed E-state index contributed by atoms with van der Waals surface area (Å²) < 4.78 is 13.2. The quantitative estimate of drug-likeness (QED) is 0.225. The first-order chi connectivity index (χ1) is 18.6. The number of imide groups is 1. The highest BCUT2D eigenvalue weighted by Crippen LogP contribution is 2.40. The Bertz CT molecular complexity index is 1470. The highest BCUT2D eigenvalue weighted by Gasteiger charge is 2.36. The summed E-state index contributed by atoms with van der Waals surface area (Å²) in [5.41, 5.74) is 1.98. The molecule has 0 unspecified atom stereocenters. The number of carbonyl (C=O) groups excluding carboxylic acids is 3. The van der Waals surface area contributed by atoms with Crippen molar-refractivity contribution in [2.24, 2.45) is 0 Å². The van der Waals surface area contributed by atoms with Gasteiger partial charge in [-0.25, -0.2) is 0 Å². The van der Waals surface area contributed by atoms with Crippen molar-refractivity contribution in [3.63, 3.8) is 0 Å². The summed E-state index contributed by atoms with van der Waals surface area (Å²) in [6, 6.07) is 15.7. The molecule has 4 rings (SSSR count). The SMILES string of the molecule is CCOc1cc(/C=C2/SC(=O)N(CC(=O)Nc3ccc(Br)cc3)C2=O)cc(Br)c1OCc1ccc(Cl)c(Cl)c1. The van der Waals surface area contributed by atoms with E-state index in [1.54, 1.807) is 54.6 Å². The number of anilines is 1. The van der Waals surface area contributed by atoms with E-state index in [-0.39, 0.29) is 11.5 Å². The molecule has 3 aromatic carbocycles. The first kappa shape index (κ1) is 29.5. The Morgan fingerprint density at radius 3 is 2.46 bits per heavy atom. The van der Waals surface area contributed by atoms with Gasteiger partial charge in [0.1, 0.15) is 13.2 Å². The molecule has 1 N–H and O–H groups in total. The number of nitrogens with one attached hydrogen (secondary N) is 1. The number of nitrogens with zero attached hydrogens (tertiary/aromatic N) is 1. The standard InChI is InChI=1S/C27H20Br2Cl2N2O5S/c1-2-37-22-11-16(9-19(29)25(22)38-14-15-3-8-20(30)21(31)10-15)12-23-26(35)33(27(36)39-23)13-24(34)32-18-6-4-17(28)5-7-18/h3-12H,2,13-14H2,1H3,(H,32,34)/b23-12+. The summed E-state index contributed by atoms with van der Waals surface area (Å²) in [4.78, 5) is 39.1. The van der Waals surface area contributed by atoms with Gasteiger partial charge in [-0.2, -0.15) is 0 Å². The van der Waals surface area contributed by atoms with Crippen molar-refractivity contribution in [2.75, 3.05) is 18.5 Å². The number of hydrogen-bond donors (Lipinski definition) is 1. The molecule has 1 saturated heterocycles. The molecule has 39 heavy (non-hydrogen) atoms. The molecule has 202 valence electrons. The van der Waals surface area contributed by atoms with Crippen LogP contribution in [0.4, 0.5) is 10.5 Å². The maximum Gasteiger partial charge on any atom is 0.294 e. The topological polar surface area (TPSA) is 84.9 Å². The average molecular weight is 715 g/mol. The van der Waals surface area contributed by atoms with Gasteiger partial charge in [-0.05, 0) is 100 Å². The number of halogens is 4. The lowest BCUT2D eigenvalue weighted by atomic mass is 10.1. The van der Waals surface area contributed by atoms with Crippen molar-refractivity contribution >= 4 is 95.6 Å². The molecule has 1 heterocycles. The van der Waals surface area contributed by atoms with Gasteiger partial charge >= 0.3 is 0 Å². The summed E-state index contributed by atoms with van der Waals surface area (Å²) in [6.45, 7) is 2.04. The van der Waals surface area contributed by atoms with E-state index < -0.39 is 23.6 Å². The van der Waals surface area contributed by atoms with Gasteiger partial charge in [-0.15, -0.1) is 0 Å². The van der Waals surface area contributed by atoms with E-state index in [4.69, 9.17) is 32.7 Å². The smallest absolute Gasteiger partial charge is 0.294 e. The van der Waals surface area contributed by atoms with Crippen LogP contribution in [0.25, 0.3) is 6.08 Å². The van der Waals surface area contributed by atoms with E-state index in [1.165, 1.54) is 0 Å². The van der Waals surface area contributed by atoms with Crippen molar-refractivity contribution in [1.82, 2.24) is 4.90 Å². The zero-order valence-electron chi connectivity index (χ0n) is 20.3. The summed E-state index contributed by atoms with van der Waals surface area (Å²) >= 11 is 19.7. The zero-order chi connectivity index (χ0) is 28.1. The third-order valence-electron chi connectivity index (χ3n) is 5.30. The Labute approximate surface area is 256 Å². The average Bonchev–Trinajstić information content (AvgIpc) is 3.14. The molecule has 0 saturated carbocycles. The van der Waals surface area contributed by atoms with Gasteiger partial charge in [0.05, 0.1) is 26.0 Å². The molecule has 3 amide bonds. The number of benzene rings is 3. The number of amides is 3. The van der Waals surface area contributed by atoms with E-state index >= 15 is 0 Å². The Morgan fingerprint density at radius 1 is 1.03 bits per heavy atom. The van der Waals surface area contributed by atoms with Crippen molar-refractivity contribution < 1.29 is 23.9 Å². The fourth-order valence-electron chi connectivity index (χ4n) is 3.52. The molecule has 1 fully saturated rings. The van der Waals surface area contributed by atoms with Crippen LogP contribution in [0, 0.1) is 0 Å². The fourth-order valence-corrected chi connectivity index (χ4v) is 5.52. The largest absolute Gasteiger partial charge is 0.490 e. The van der Waals surface area contributed by atoms with Gasteiger partial charge in [0.25, 0.3) is 11.1 Å². The van der Waals surface area contributed by atoms with Gasteiger partial charge in [-0.3, -0.25) is 19.3 Å². The number of carbonyl (C=O) groups is 3. The zero-order valence-corrected chi connectivity index (χ0v) is 25.8. The minimum Gasteiger partial charge on any atom is -0.490 e. The van der Waals surface area contributed by atoms with E-state index in [2.05, 4.69) is 37.2 Å². The predicted molar refractivity (Wildman–Crippen MR) is 162 cm³/mol. The number of hydrogen-bond acceptors (Lipinski definition) is 6. The van der Waals surface area contributed by atoms with Crippen LogP contribution < -0.4 is 14.8 Å². The summed E-state index contributed by atoms with van der Waals surface area (Å²) in [5, 5.41) is 3.04. The number of thioether (sulfide) groups is 1. The Morgan fingerprint density at radius 2 is 1.77 bits per heavy atom. The summed E-state index contributed by atoms with van der Waals surface area (Å²) in [6.07, 6.45) is 1.58. The molecule has 1 aliphatic rings. The first-order valence-electron chi connectivity index (χ1n) is 11.5. The minimum atomic E-state index is -0.551. The van der Waals surface area contributed by atoms with Crippen LogP contribution in [0.2, 0.25) is 10.0 Å². The molecule has 7 nitrogen and oxygen atoms in total. The molecule has 0 radical (unpaired) electrons. The Balaban J connectivity index is 1.48. The van der Waals surface area contributed by atoms with Crippen LogP contribution in [0.1, 0.15) is 18.1 Å². The second kappa shape index (κ2) is 13.2. The second-order valence-corrected chi connectivity index (χ2v) is 11.7. The van der Waals surface area contributed by atoms with E-state index in [0.717, 1.165) is 26.7 Å². The van der Waals surface area contributed by atoms with Gasteiger partial charge < -0.3 is 14.8 Å². The summed E-state index contributed by atoms with van der Waals surface area (Å²) in [7, 11) is 0. The third kappa shape index (κ3) is 7.58. The Kier molecular flexibility index (Phi) is 10.0.